The van der Waals surface area contributed by atoms with Crippen molar-refractivity contribution in [3.05, 3.63) is 26.6 Å². The molecule has 0 N–H and O–H groups in total. The Bertz CT molecular complexity index is 315. The first-order valence-electron chi connectivity index (χ1n) is 3.41. The minimum absolute atomic E-state index is 0.185. The van der Waals surface area contributed by atoms with Crippen molar-refractivity contribution in [2.45, 2.75) is 13.5 Å². The van der Waals surface area contributed by atoms with E-state index in [0.29, 0.717) is 5.56 Å². The second-order valence-electron chi connectivity index (χ2n) is 2.36. The zero-order chi connectivity index (χ0) is 10.0. The number of halogens is 4. The summed E-state index contributed by atoms with van der Waals surface area (Å²) in [6.07, 6.45) is 0. The predicted octanol–water partition coefficient (Wildman–Crippen LogP) is 4.12. The highest BCUT2D eigenvalue weighted by Crippen LogP contribution is 2.33. The highest BCUT2D eigenvalue weighted by Gasteiger charge is 2.10. The second-order valence-corrected chi connectivity index (χ2v) is 4.01. The molecule has 0 amide bonds. The van der Waals surface area contributed by atoms with Crippen molar-refractivity contribution in [3.63, 3.8) is 0 Å². The van der Waals surface area contributed by atoms with E-state index in [1.165, 1.54) is 6.07 Å². The first-order valence-corrected chi connectivity index (χ1v) is 5.00. The molecule has 0 heterocycles. The van der Waals surface area contributed by atoms with Gasteiger partial charge in [0.1, 0.15) is 5.75 Å². The van der Waals surface area contributed by atoms with E-state index in [2.05, 4.69) is 36.6 Å². The number of alkyl halides is 2. The zero-order valence-electron chi connectivity index (χ0n) is 6.65. The third-order valence-electron chi connectivity index (χ3n) is 1.51. The first kappa shape index (κ1) is 10.9. The van der Waals surface area contributed by atoms with Gasteiger partial charge in [-0.2, -0.15) is 8.78 Å². The molecule has 0 unspecified atom stereocenters. The molecule has 13 heavy (non-hydrogen) atoms. The van der Waals surface area contributed by atoms with Crippen LogP contribution in [0.15, 0.2) is 21.1 Å². The molecule has 0 aliphatic rings. The topological polar surface area (TPSA) is 9.23 Å². The van der Waals surface area contributed by atoms with Gasteiger partial charge in [0, 0.05) is 14.5 Å². The van der Waals surface area contributed by atoms with Crippen LogP contribution in [0, 0.1) is 6.92 Å². The Balaban J connectivity index is 3.04. The number of rotatable bonds is 2. The summed E-state index contributed by atoms with van der Waals surface area (Å²) < 4.78 is 29.6. The van der Waals surface area contributed by atoms with Crippen molar-refractivity contribution in [3.8, 4) is 5.75 Å². The third kappa shape index (κ3) is 2.64. The lowest BCUT2D eigenvalue weighted by molar-refractivity contribution is -0.0503. The van der Waals surface area contributed by atoms with Crippen LogP contribution in [-0.4, -0.2) is 6.61 Å². The standard InChI is InChI=1S/C8H6Br2F2O/c1-4-6(13-8(11)12)3-2-5(9)7(4)10/h2-3,8H,1H3. The van der Waals surface area contributed by atoms with Crippen LogP contribution < -0.4 is 4.74 Å². The molecule has 0 fully saturated rings. The first-order chi connectivity index (χ1) is 6.02. The van der Waals surface area contributed by atoms with E-state index in [9.17, 15) is 8.78 Å². The molecule has 1 aromatic rings. The van der Waals surface area contributed by atoms with Crippen LogP contribution in [0.4, 0.5) is 8.78 Å². The highest BCUT2D eigenvalue weighted by atomic mass is 79.9. The van der Waals surface area contributed by atoms with Crippen molar-refractivity contribution < 1.29 is 13.5 Å². The van der Waals surface area contributed by atoms with Gasteiger partial charge in [0.2, 0.25) is 0 Å². The van der Waals surface area contributed by atoms with Gasteiger partial charge in [-0.15, -0.1) is 0 Å². The van der Waals surface area contributed by atoms with Crippen LogP contribution in [0.2, 0.25) is 0 Å². The molecule has 0 aromatic heterocycles. The lowest BCUT2D eigenvalue weighted by atomic mass is 10.2. The highest BCUT2D eigenvalue weighted by molar-refractivity contribution is 9.13. The van der Waals surface area contributed by atoms with Crippen LogP contribution in [0.5, 0.6) is 5.75 Å². The molecule has 0 saturated heterocycles. The van der Waals surface area contributed by atoms with Crippen LogP contribution in [0.3, 0.4) is 0 Å². The van der Waals surface area contributed by atoms with E-state index < -0.39 is 6.61 Å². The van der Waals surface area contributed by atoms with E-state index in [0.717, 1.165) is 8.95 Å². The summed E-state index contributed by atoms with van der Waals surface area (Å²) in [6.45, 7) is -1.08. The Hall–Kier alpha value is -0.160. The normalized spacial score (nSPS) is 10.6. The lowest BCUT2D eigenvalue weighted by Crippen LogP contribution is -2.03. The SMILES string of the molecule is Cc1c(OC(F)F)ccc(Br)c1Br. The molecule has 0 bridgehead atoms. The summed E-state index contributed by atoms with van der Waals surface area (Å²) in [4.78, 5) is 0. The quantitative estimate of drug-likeness (QED) is 0.797. The van der Waals surface area contributed by atoms with Crippen LogP contribution in [0.25, 0.3) is 0 Å². The van der Waals surface area contributed by atoms with Crippen molar-refractivity contribution in [2.75, 3.05) is 0 Å². The molecule has 0 radical (unpaired) electrons. The van der Waals surface area contributed by atoms with Crippen molar-refractivity contribution >= 4 is 31.9 Å². The monoisotopic (exact) mass is 314 g/mol. The average molecular weight is 316 g/mol. The van der Waals surface area contributed by atoms with E-state index in [-0.39, 0.29) is 5.75 Å². The van der Waals surface area contributed by atoms with Gasteiger partial charge in [0.15, 0.2) is 0 Å². The van der Waals surface area contributed by atoms with E-state index in [4.69, 9.17) is 0 Å². The Kier molecular flexibility index (Phi) is 3.67. The van der Waals surface area contributed by atoms with E-state index in [1.807, 2.05) is 0 Å². The maximum absolute atomic E-state index is 11.9. The van der Waals surface area contributed by atoms with Gasteiger partial charge in [-0.3, -0.25) is 0 Å². The fourth-order valence-corrected chi connectivity index (χ4v) is 1.62. The molecular formula is C8H6Br2F2O. The Morgan fingerprint density at radius 3 is 2.46 bits per heavy atom. The molecule has 1 nitrogen and oxygen atoms in total. The molecule has 0 saturated carbocycles. The number of hydrogen-bond donors (Lipinski definition) is 0. The van der Waals surface area contributed by atoms with Gasteiger partial charge in [0.05, 0.1) is 0 Å². The summed E-state index contributed by atoms with van der Waals surface area (Å²) in [5.41, 5.74) is 0.648. The second kappa shape index (κ2) is 4.37. The third-order valence-corrected chi connectivity index (χ3v) is 3.72. The van der Waals surface area contributed by atoms with Gasteiger partial charge in [0.25, 0.3) is 0 Å². The molecule has 1 aromatic carbocycles. The maximum atomic E-state index is 11.9. The fourth-order valence-electron chi connectivity index (χ4n) is 0.858. The molecule has 1 rings (SSSR count). The number of hydrogen-bond acceptors (Lipinski definition) is 1. The summed E-state index contributed by atoms with van der Waals surface area (Å²) in [7, 11) is 0. The molecule has 5 heteroatoms. The minimum Gasteiger partial charge on any atom is -0.435 e. The molecule has 0 aliphatic carbocycles. The van der Waals surface area contributed by atoms with E-state index >= 15 is 0 Å². The van der Waals surface area contributed by atoms with Crippen LogP contribution in [0.1, 0.15) is 5.56 Å². The number of ether oxygens (including phenoxy) is 1. The lowest BCUT2D eigenvalue weighted by Gasteiger charge is -2.09. The van der Waals surface area contributed by atoms with Crippen molar-refractivity contribution in [1.82, 2.24) is 0 Å². The van der Waals surface area contributed by atoms with Gasteiger partial charge < -0.3 is 4.74 Å². The average Bonchev–Trinajstić information content (AvgIpc) is 2.06. The number of benzene rings is 1. The van der Waals surface area contributed by atoms with Gasteiger partial charge in [-0.1, -0.05) is 0 Å². The predicted molar refractivity (Wildman–Crippen MR) is 53.2 cm³/mol. The molecule has 0 atom stereocenters. The Labute approximate surface area is 91.3 Å². The molecular weight excluding hydrogens is 310 g/mol. The van der Waals surface area contributed by atoms with Crippen molar-refractivity contribution in [2.24, 2.45) is 0 Å². The van der Waals surface area contributed by atoms with Crippen molar-refractivity contribution in [1.29, 1.82) is 0 Å². The van der Waals surface area contributed by atoms with Crippen LogP contribution >= 0.6 is 31.9 Å². The Morgan fingerprint density at radius 1 is 1.31 bits per heavy atom. The fraction of sp³-hybridized carbons (Fsp3) is 0.250. The molecule has 0 spiro atoms. The van der Waals surface area contributed by atoms with E-state index in [1.54, 1.807) is 13.0 Å². The summed E-state index contributed by atoms with van der Waals surface area (Å²) in [6, 6.07) is 3.14. The largest absolute Gasteiger partial charge is 0.435 e. The summed E-state index contributed by atoms with van der Waals surface area (Å²) in [5, 5.41) is 0. The molecule has 0 aliphatic heterocycles. The van der Waals surface area contributed by atoms with Gasteiger partial charge in [-0.05, 0) is 50.9 Å². The summed E-state index contributed by atoms with van der Waals surface area (Å²) >= 11 is 6.50. The van der Waals surface area contributed by atoms with Gasteiger partial charge in [-0.25, -0.2) is 0 Å². The minimum atomic E-state index is -2.79. The maximum Gasteiger partial charge on any atom is 0.387 e. The van der Waals surface area contributed by atoms with Crippen LogP contribution in [-0.2, 0) is 0 Å². The Morgan fingerprint density at radius 2 is 1.92 bits per heavy atom. The zero-order valence-corrected chi connectivity index (χ0v) is 9.82. The molecule has 72 valence electrons. The smallest absolute Gasteiger partial charge is 0.387 e. The van der Waals surface area contributed by atoms with Gasteiger partial charge >= 0.3 is 6.61 Å². The summed E-state index contributed by atoms with van der Waals surface area (Å²) in [5.74, 6) is 0.185.